The van der Waals surface area contributed by atoms with Gasteiger partial charge in [0.1, 0.15) is 23.1 Å². The molecule has 2 unspecified atom stereocenters. The summed E-state index contributed by atoms with van der Waals surface area (Å²) in [7, 11) is 0. The average Bonchev–Trinajstić information content (AvgIpc) is 3.47. The molecule has 0 fully saturated rings. The molecule has 2 aliphatic carbocycles. The zero-order chi connectivity index (χ0) is 25.9. The molecule has 0 bridgehead atoms. The second-order valence-electron chi connectivity index (χ2n) is 8.28. The molecule has 4 aromatic rings. The first-order chi connectivity index (χ1) is 17.3. The van der Waals surface area contributed by atoms with Crippen molar-refractivity contribution in [2.75, 3.05) is 0 Å². The normalized spacial score (nSPS) is 15.4. The summed E-state index contributed by atoms with van der Waals surface area (Å²) < 4.78 is 24.0. The third-order valence-corrected chi connectivity index (χ3v) is 5.56. The van der Waals surface area contributed by atoms with Crippen molar-refractivity contribution in [2.24, 2.45) is 0 Å². The molecule has 2 aliphatic rings. The average molecular weight is 574 g/mol. The van der Waals surface area contributed by atoms with Gasteiger partial charge in [0.25, 0.3) is 0 Å². The summed E-state index contributed by atoms with van der Waals surface area (Å²) >= 11 is 0. The van der Waals surface area contributed by atoms with Gasteiger partial charge in [-0.05, 0) is 48.5 Å². The van der Waals surface area contributed by atoms with Gasteiger partial charge in [0, 0.05) is 0 Å². The van der Waals surface area contributed by atoms with Crippen molar-refractivity contribution in [2.45, 2.75) is 25.7 Å². The minimum Gasteiger partial charge on any atom is -0.508 e. The van der Waals surface area contributed by atoms with E-state index >= 15 is 0 Å². The third-order valence-electron chi connectivity index (χ3n) is 5.56. The standard InChI is InChI=1S/2C10H9.2C6H5FO.Zr/c2*1-8-6-7-9-4-2-3-5-10(8)9;2*7-5-1-3-6(8)4-2-5;/h2*2-5,7-8H,1H3;2*1-4,8H;/q2*-1;;;+2. The molecule has 0 amide bonds. The smallest absolute Gasteiger partial charge is 0.508 e. The van der Waals surface area contributed by atoms with Gasteiger partial charge in [-0.15, -0.1) is 23.3 Å². The van der Waals surface area contributed by atoms with Crippen molar-refractivity contribution in [3.8, 4) is 11.5 Å². The Morgan fingerprint density at radius 1 is 0.541 bits per heavy atom. The van der Waals surface area contributed by atoms with E-state index in [1.807, 2.05) is 0 Å². The molecule has 0 heterocycles. The third kappa shape index (κ3) is 9.59. The minimum atomic E-state index is -0.331. The molecule has 0 spiro atoms. The SMILES string of the molecule is CC1[C-]=Cc2ccccc21.CC1[C-]=Cc2ccccc21.Oc1ccc(F)cc1.Oc1ccc(F)cc1.[Zr+2]. The van der Waals surface area contributed by atoms with E-state index in [-0.39, 0.29) is 49.3 Å². The topological polar surface area (TPSA) is 40.5 Å². The van der Waals surface area contributed by atoms with Crippen LogP contribution in [0.2, 0.25) is 0 Å². The molecule has 37 heavy (non-hydrogen) atoms. The summed E-state index contributed by atoms with van der Waals surface area (Å²) in [5, 5.41) is 17.2. The van der Waals surface area contributed by atoms with Crippen LogP contribution in [0, 0.1) is 23.8 Å². The summed E-state index contributed by atoms with van der Waals surface area (Å²) in [6.45, 7) is 4.34. The van der Waals surface area contributed by atoms with E-state index in [2.05, 4.69) is 86.7 Å². The van der Waals surface area contributed by atoms with Crippen molar-refractivity contribution >= 4 is 12.2 Å². The number of allylic oxidation sites excluding steroid dienone is 2. The van der Waals surface area contributed by atoms with Crippen LogP contribution in [0.1, 0.15) is 47.9 Å². The fraction of sp³-hybridized carbons (Fsp3) is 0.125. The van der Waals surface area contributed by atoms with Crippen LogP contribution in [0.15, 0.2) is 97.1 Å². The number of hydrogen-bond acceptors (Lipinski definition) is 2. The Kier molecular flexibility index (Phi) is 12.2. The van der Waals surface area contributed by atoms with Gasteiger partial charge in [0.2, 0.25) is 0 Å². The number of fused-ring (bicyclic) bond motifs is 2. The molecule has 0 saturated carbocycles. The fourth-order valence-electron chi connectivity index (χ4n) is 3.56. The number of rotatable bonds is 0. The number of phenolic OH excluding ortho intramolecular Hbond substituents is 2. The van der Waals surface area contributed by atoms with Crippen LogP contribution in [-0.2, 0) is 26.2 Å². The number of hydrogen-bond donors (Lipinski definition) is 2. The maximum atomic E-state index is 12.0. The first-order valence-electron chi connectivity index (χ1n) is 11.6. The molecule has 4 aromatic carbocycles. The van der Waals surface area contributed by atoms with Crippen LogP contribution in [0.25, 0.3) is 12.2 Å². The Hall–Kier alpha value is -3.30. The summed E-state index contributed by atoms with van der Waals surface area (Å²) in [6.07, 6.45) is 10.7. The van der Waals surface area contributed by atoms with Crippen molar-refractivity contribution in [3.05, 3.63) is 143 Å². The van der Waals surface area contributed by atoms with Crippen molar-refractivity contribution in [1.29, 1.82) is 0 Å². The number of halogens is 2. The van der Waals surface area contributed by atoms with E-state index in [1.54, 1.807) is 0 Å². The van der Waals surface area contributed by atoms with E-state index in [9.17, 15) is 8.78 Å². The molecule has 0 radical (unpaired) electrons. The van der Waals surface area contributed by atoms with E-state index in [1.165, 1.54) is 70.8 Å². The molecular formula is C32H28F2O2Zr. The molecule has 0 saturated heterocycles. The Morgan fingerprint density at radius 3 is 1.16 bits per heavy atom. The van der Waals surface area contributed by atoms with Gasteiger partial charge in [-0.1, -0.05) is 62.1 Å². The molecule has 2 nitrogen and oxygen atoms in total. The molecule has 6 rings (SSSR count). The Bertz CT molecular complexity index is 1150. The first kappa shape index (κ1) is 29.9. The van der Waals surface area contributed by atoms with Gasteiger partial charge in [-0.2, -0.15) is 11.1 Å². The zero-order valence-electron chi connectivity index (χ0n) is 20.7. The molecule has 0 aromatic heterocycles. The molecule has 186 valence electrons. The fourth-order valence-corrected chi connectivity index (χ4v) is 3.56. The minimum absolute atomic E-state index is 0. The van der Waals surface area contributed by atoms with Crippen LogP contribution in [0.5, 0.6) is 11.5 Å². The second kappa shape index (κ2) is 15.1. The van der Waals surface area contributed by atoms with Crippen LogP contribution in [0.4, 0.5) is 8.78 Å². The Balaban J connectivity index is 0.000000173. The zero-order valence-corrected chi connectivity index (χ0v) is 23.2. The summed E-state index contributed by atoms with van der Waals surface area (Å²) in [6, 6.07) is 26.9. The van der Waals surface area contributed by atoms with Crippen molar-refractivity contribution < 1.29 is 45.2 Å². The second-order valence-corrected chi connectivity index (χ2v) is 8.28. The van der Waals surface area contributed by atoms with Crippen LogP contribution in [0.3, 0.4) is 0 Å². The summed E-state index contributed by atoms with van der Waals surface area (Å²) in [5.41, 5.74) is 5.47. The molecular weight excluding hydrogens is 546 g/mol. The molecule has 2 atom stereocenters. The summed E-state index contributed by atoms with van der Waals surface area (Å²) in [5.74, 6) is 0.510. The maximum Gasteiger partial charge on any atom is 2.00 e. The predicted molar refractivity (Wildman–Crippen MR) is 141 cm³/mol. The van der Waals surface area contributed by atoms with Crippen LogP contribution in [-0.4, -0.2) is 10.2 Å². The molecule has 2 N–H and O–H groups in total. The molecule has 5 heteroatoms. The van der Waals surface area contributed by atoms with E-state index in [0.717, 1.165) is 0 Å². The van der Waals surface area contributed by atoms with Gasteiger partial charge in [0.15, 0.2) is 0 Å². The largest absolute Gasteiger partial charge is 2.00 e. The predicted octanol–water partition coefficient (Wildman–Crippen LogP) is 8.30. The molecule has 0 aliphatic heterocycles. The van der Waals surface area contributed by atoms with Gasteiger partial charge in [-0.25, -0.2) is 20.9 Å². The Labute approximate surface area is 236 Å². The summed E-state index contributed by atoms with van der Waals surface area (Å²) in [4.78, 5) is 0. The van der Waals surface area contributed by atoms with Crippen LogP contribution < -0.4 is 0 Å². The van der Waals surface area contributed by atoms with E-state index in [0.29, 0.717) is 11.8 Å². The first-order valence-corrected chi connectivity index (χ1v) is 11.6. The number of aromatic hydroxyl groups is 2. The van der Waals surface area contributed by atoms with Crippen molar-refractivity contribution in [1.82, 2.24) is 0 Å². The van der Waals surface area contributed by atoms with Gasteiger partial charge in [-0.3, -0.25) is 12.2 Å². The van der Waals surface area contributed by atoms with Gasteiger partial charge in [0.05, 0.1) is 0 Å². The monoisotopic (exact) mass is 572 g/mol. The Morgan fingerprint density at radius 2 is 0.865 bits per heavy atom. The number of benzene rings is 4. The number of phenols is 2. The quantitative estimate of drug-likeness (QED) is 0.208. The van der Waals surface area contributed by atoms with Crippen LogP contribution >= 0.6 is 0 Å². The van der Waals surface area contributed by atoms with Gasteiger partial charge < -0.3 is 10.2 Å². The maximum absolute atomic E-state index is 12.0. The van der Waals surface area contributed by atoms with E-state index in [4.69, 9.17) is 10.2 Å². The van der Waals surface area contributed by atoms with E-state index < -0.39 is 0 Å². The van der Waals surface area contributed by atoms with Crippen molar-refractivity contribution in [3.63, 3.8) is 0 Å². The van der Waals surface area contributed by atoms with Gasteiger partial charge >= 0.3 is 26.2 Å².